The summed E-state index contributed by atoms with van der Waals surface area (Å²) in [5.41, 5.74) is 0.894. The highest BCUT2D eigenvalue weighted by Gasteiger charge is 2.15. The molecule has 102 valence electrons. The Kier molecular flexibility index (Phi) is 6.09. The molecule has 18 heavy (non-hydrogen) atoms. The van der Waals surface area contributed by atoms with Crippen LogP contribution in [0.1, 0.15) is 38.9 Å². The van der Waals surface area contributed by atoms with Crippen molar-refractivity contribution in [2.24, 2.45) is 0 Å². The Morgan fingerprint density at radius 1 is 1.44 bits per heavy atom. The summed E-state index contributed by atoms with van der Waals surface area (Å²) in [5.74, 6) is 0.903. The van der Waals surface area contributed by atoms with Crippen molar-refractivity contribution in [3.8, 4) is 0 Å². The number of methoxy groups -OCH3 is 1. The maximum absolute atomic E-state index is 9.63. The second-order valence-electron chi connectivity index (χ2n) is 4.57. The van der Waals surface area contributed by atoms with Gasteiger partial charge in [-0.15, -0.1) is 0 Å². The molecule has 0 aliphatic heterocycles. The maximum atomic E-state index is 9.63. The van der Waals surface area contributed by atoms with Crippen molar-refractivity contribution >= 4 is 5.82 Å². The summed E-state index contributed by atoms with van der Waals surface area (Å²) in [6.45, 7) is 7.57. The first-order valence-corrected chi connectivity index (χ1v) is 6.49. The van der Waals surface area contributed by atoms with Gasteiger partial charge in [0.15, 0.2) is 0 Å². The average molecular weight is 252 g/mol. The SMILES string of the molecule is CCC(C)N(CCOC)c1cc([C@@H](C)O)ccn1. The predicted molar refractivity (Wildman–Crippen MR) is 73.8 cm³/mol. The largest absolute Gasteiger partial charge is 0.389 e. The summed E-state index contributed by atoms with van der Waals surface area (Å²) in [6.07, 6.45) is 2.33. The number of pyridine rings is 1. The number of nitrogens with zero attached hydrogens (tertiary/aromatic N) is 2. The van der Waals surface area contributed by atoms with Crippen LogP contribution in [0.15, 0.2) is 18.3 Å². The lowest BCUT2D eigenvalue weighted by atomic mass is 10.1. The first-order chi connectivity index (χ1) is 8.60. The molecule has 1 unspecified atom stereocenters. The van der Waals surface area contributed by atoms with Crippen LogP contribution in [0, 0.1) is 0 Å². The van der Waals surface area contributed by atoms with Crippen molar-refractivity contribution < 1.29 is 9.84 Å². The number of anilines is 1. The Labute approximate surface area is 110 Å². The van der Waals surface area contributed by atoms with Crippen molar-refractivity contribution in [2.45, 2.75) is 39.3 Å². The fourth-order valence-electron chi connectivity index (χ4n) is 1.82. The molecule has 4 heteroatoms. The van der Waals surface area contributed by atoms with Gasteiger partial charge in [0.25, 0.3) is 0 Å². The molecule has 0 spiro atoms. The fourth-order valence-corrected chi connectivity index (χ4v) is 1.82. The van der Waals surface area contributed by atoms with Gasteiger partial charge in [-0.1, -0.05) is 6.92 Å². The van der Waals surface area contributed by atoms with E-state index in [1.54, 1.807) is 20.2 Å². The standard InChI is InChI=1S/C14H24N2O2/c1-5-11(2)16(8-9-18-4)14-10-13(12(3)17)6-7-15-14/h6-7,10-12,17H,5,8-9H2,1-4H3/t11?,12-/m1/s1. The van der Waals surface area contributed by atoms with Crippen molar-refractivity contribution in [1.82, 2.24) is 4.98 Å². The molecule has 1 aromatic rings. The van der Waals surface area contributed by atoms with Gasteiger partial charge in [0.1, 0.15) is 5.82 Å². The lowest BCUT2D eigenvalue weighted by Gasteiger charge is -2.29. The van der Waals surface area contributed by atoms with Gasteiger partial charge in [0.2, 0.25) is 0 Å². The van der Waals surface area contributed by atoms with Gasteiger partial charge in [-0.2, -0.15) is 0 Å². The van der Waals surface area contributed by atoms with Crippen molar-refractivity contribution in [2.75, 3.05) is 25.2 Å². The van der Waals surface area contributed by atoms with Gasteiger partial charge >= 0.3 is 0 Å². The lowest BCUT2D eigenvalue weighted by Crippen LogP contribution is -2.36. The summed E-state index contributed by atoms with van der Waals surface area (Å²) in [6, 6.07) is 4.20. The lowest BCUT2D eigenvalue weighted by molar-refractivity contribution is 0.198. The Bertz CT molecular complexity index is 355. The summed E-state index contributed by atoms with van der Waals surface area (Å²) < 4.78 is 5.15. The molecule has 0 aliphatic carbocycles. The fraction of sp³-hybridized carbons (Fsp3) is 0.643. The topological polar surface area (TPSA) is 45.6 Å². The third kappa shape index (κ3) is 3.96. The molecule has 0 amide bonds. The number of aliphatic hydroxyl groups excluding tert-OH is 1. The van der Waals surface area contributed by atoms with E-state index in [4.69, 9.17) is 4.74 Å². The molecule has 0 aliphatic rings. The summed E-state index contributed by atoms with van der Waals surface area (Å²) >= 11 is 0. The Morgan fingerprint density at radius 2 is 2.17 bits per heavy atom. The average Bonchev–Trinajstić information content (AvgIpc) is 2.39. The van der Waals surface area contributed by atoms with Gasteiger partial charge in [-0.05, 0) is 38.0 Å². The number of rotatable bonds is 7. The highest BCUT2D eigenvalue weighted by molar-refractivity contribution is 5.42. The van der Waals surface area contributed by atoms with Crippen LogP contribution in [-0.4, -0.2) is 36.4 Å². The molecule has 0 aromatic carbocycles. The zero-order chi connectivity index (χ0) is 13.5. The predicted octanol–water partition coefficient (Wildman–Crippen LogP) is 2.39. The highest BCUT2D eigenvalue weighted by Crippen LogP contribution is 2.20. The first kappa shape index (κ1) is 14.9. The van der Waals surface area contributed by atoms with Crippen LogP contribution in [0.3, 0.4) is 0 Å². The van der Waals surface area contributed by atoms with E-state index in [1.807, 2.05) is 12.1 Å². The number of aliphatic hydroxyl groups is 1. The van der Waals surface area contributed by atoms with Crippen molar-refractivity contribution in [1.29, 1.82) is 0 Å². The summed E-state index contributed by atoms with van der Waals surface area (Å²) in [5, 5.41) is 9.63. The van der Waals surface area contributed by atoms with E-state index in [0.717, 1.165) is 24.3 Å². The molecule has 0 saturated heterocycles. The molecule has 1 N–H and O–H groups in total. The van der Waals surface area contributed by atoms with Gasteiger partial charge in [-0.3, -0.25) is 0 Å². The number of hydrogen-bond acceptors (Lipinski definition) is 4. The van der Waals surface area contributed by atoms with Crippen LogP contribution in [0.5, 0.6) is 0 Å². The quantitative estimate of drug-likeness (QED) is 0.809. The van der Waals surface area contributed by atoms with Gasteiger partial charge in [0.05, 0.1) is 12.7 Å². The van der Waals surface area contributed by atoms with Crippen LogP contribution in [-0.2, 0) is 4.74 Å². The Hall–Kier alpha value is -1.13. The highest BCUT2D eigenvalue weighted by atomic mass is 16.5. The number of hydrogen-bond donors (Lipinski definition) is 1. The van der Waals surface area contributed by atoms with E-state index >= 15 is 0 Å². The molecule has 0 radical (unpaired) electrons. The molecule has 2 atom stereocenters. The van der Waals surface area contributed by atoms with E-state index in [-0.39, 0.29) is 0 Å². The van der Waals surface area contributed by atoms with E-state index in [0.29, 0.717) is 12.6 Å². The summed E-state index contributed by atoms with van der Waals surface area (Å²) in [7, 11) is 1.70. The van der Waals surface area contributed by atoms with E-state index in [1.165, 1.54) is 0 Å². The second kappa shape index (κ2) is 7.34. The minimum atomic E-state index is -0.465. The zero-order valence-corrected chi connectivity index (χ0v) is 11.8. The maximum Gasteiger partial charge on any atom is 0.129 e. The number of aromatic nitrogens is 1. The van der Waals surface area contributed by atoms with Crippen LogP contribution in [0.25, 0.3) is 0 Å². The molecule has 1 rings (SSSR count). The Balaban J connectivity index is 2.93. The van der Waals surface area contributed by atoms with E-state index < -0.39 is 6.10 Å². The molecule has 1 aromatic heterocycles. The van der Waals surface area contributed by atoms with Gasteiger partial charge < -0.3 is 14.7 Å². The van der Waals surface area contributed by atoms with E-state index in [2.05, 4.69) is 23.7 Å². The van der Waals surface area contributed by atoms with Crippen molar-refractivity contribution in [3.63, 3.8) is 0 Å². The van der Waals surface area contributed by atoms with Crippen LogP contribution < -0.4 is 4.90 Å². The summed E-state index contributed by atoms with van der Waals surface area (Å²) in [4.78, 5) is 6.62. The third-order valence-electron chi connectivity index (χ3n) is 3.21. The normalized spacial score (nSPS) is 14.3. The first-order valence-electron chi connectivity index (χ1n) is 6.49. The third-order valence-corrected chi connectivity index (χ3v) is 3.21. The molecular formula is C14H24N2O2. The van der Waals surface area contributed by atoms with Crippen molar-refractivity contribution in [3.05, 3.63) is 23.9 Å². The van der Waals surface area contributed by atoms with E-state index in [9.17, 15) is 5.11 Å². The minimum absolute atomic E-state index is 0.400. The molecular weight excluding hydrogens is 228 g/mol. The molecule has 0 bridgehead atoms. The van der Waals surface area contributed by atoms with Gasteiger partial charge in [-0.25, -0.2) is 4.98 Å². The van der Waals surface area contributed by atoms with Crippen LogP contribution in [0.2, 0.25) is 0 Å². The molecule has 4 nitrogen and oxygen atoms in total. The molecule has 1 heterocycles. The Morgan fingerprint density at radius 3 is 2.72 bits per heavy atom. The van der Waals surface area contributed by atoms with Crippen LogP contribution in [0.4, 0.5) is 5.82 Å². The zero-order valence-electron chi connectivity index (χ0n) is 11.8. The second-order valence-corrected chi connectivity index (χ2v) is 4.57. The smallest absolute Gasteiger partial charge is 0.129 e. The van der Waals surface area contributed by atoms with Crippen LogP contribution >= 0.6 is 0 Å². The molecule has 0 saturated carbocycles. The monoisotopic (exact) mass is 252 g/mol. The molecule has 0 fully saturated rings. The van der Waals surface area contributed by atoms with Gasteiger partial charge in [0, 0.05) is 25.9 Å². The number of ether oxygens (including phenoxy) is 1. The minimum Gasteiger partial charge on any atom is -0.389 e.